The van der Waals surface area contributed by atoms with Crippen molar-refractivity contribution in [1.29, 1.82) is 0 Å². The number of benzene rings is 1. The molecule has 4 nitrogen and oxygen atoms in total. The van der Waals surface area contributed by atoms with Gasteiger partial charge in [0.15, 0.2) is 0 Å². The van der Waals surface area contributed by atoms with Gasteiger partial charge < -0.3 is 20.3 Å². The summed E-state index contributed by atoms with van der Waals surface area (Å²) in [4.78, 5) is 0. The highest BCUT2D eigenvalue weighted by atomic mass is 16.5. The lowest BCUT2D eigenvalue weighted by Crippen LogP contribution is -2.25. The highest BCUT2D eigenvalue weighted by molar-refractivity contribution is 5.40. The summed E-state index contributed by atoms with van der Waals surface area (Å²) in [6.45, 7) is 4.43. The van der Waals surface area contributed by atoms with Crippen LogP contribution in [0.1, 0.15) is 37.4 Å². The molecule has 3 N–H and O–H groups in total. The highest BCUT2D eigenvalue weighted by Gasteiger charge is 2.19. The van der Waals surface area contributed by atoms with Gasteiger partial charge in [-0.15, -0.1) is 0 Å². The predicted molar refractivity (Wildman–Crippen MR) is 74.3 cm³/mol. The van der Waals surface area contributed by atoms with E-state index in [0.717, 1.165) is 18.6 Å². The smallest absolute Gasteiger partial charge is 0.119 e. The Morgan fingerprint density at radius 2 is 2.16 bits per heavy atom. The third-order valence-corrected chi connectivity index (χ3v) is 3.30. The SMILES string of the molecule is CC(C)OCC(O)COc1ccc2c(c1)CCC2N. The Labute approximate surface area is 114 Å². The van der Waals surface area contributed by atoms with Crippen LogP contribution in [0.25, 0.3) is 0 Å². The fourth-order valence-corrected chi connectivity index (χ4v) is 2.26. The molecule has 1 aromatic rings. The number of aliphatic hydroxyl groups is 1. The summed E-state index contributed by atoms with van der Waals surface area (Å²) in [6, 6.07) is 6.13. The Morgan fingerprint density at radius 3 is 2.89 bits per heavy atom. The van der Waals surface area contributed by atoms with Crippen molar-refractivity contribution in [1.82, 2.24) is 0 Å². The van der Waals surface area contributed by atoms with Gasteiger partial charge in [0, 0.05) is 6.04 Å². The number of hydrogen-bond donors (Lipinski definition) is 2. The molecule has 19 heavy (non-hydrogen) atoms. The van der Waals surface area contributed by atoms with Gasteiger partial charge in [0.1, 0.15) is 18.5 Å². The van der Waals surface area contributed by atoms with Gasteiger partial charge in [-0.3, -0.25) is 0 Å². The fourth-order valence-electron chi connectivity index (χ4n) is 2.26. The third kappa shape index (κ3) is 3.93. The number of aliphatic hydroxyl groups excluding tert-OH is 1. The summed E-state index contributed by atoms with van der Waals surface area (Å²) < 4.78 is 10.9. The van der Waals surface area contributed by atoms with E-state index in [1.54, 1.807) is 0 Å². The molecular formula is C15H23NO3. The first-order chi connectivity index (χ1) is 9.06. The minimum atomic E-state index is -0.599. The van der Waals surface area contributed by atoms with Crippen LogP contribution in [0.2, 0.25) is 0 Å². The molecule has 0 aromatic heterocycles. The number of fused-ring (bicyclic) bond motifs is 1. The topological polar surface area (TPSA) is 64.7 Å². The maximum absolute atomic E-state index is 9.72. The van der Waals surface area contributed by atoms with Gasteiger partial charge in [-0.25, -0.2) is 0 Å². The average Bonchev–Trinajstić information content (AvgIpc) is 2.75. The molecule has 0 aliphatic heterocycles. The monoisotopic (exact) mass is 265 g/mol. The van der Waals surface area contributed by atoms with Gasteiger partial charge in [-0.2, -0.15) is 0 Å². The number of hydrogen-bond acceptors (Lipinski definition) is 4. The molecule has 2 rings (SSSR count). The van der Waals surface area contributed by atoms with Gasteiger partial charge in [0.2, 0.25) is 0 Å². The normalized spacial score (nSPS) is 19.5. The molecule has 1 aromatic carbocycles. The zero-order chi connectivity index (χ0) is 13.8. The quantitative estimate of drug-likeness (QED) is 0.823. The lowest BCUT2D eigenvalue weighted by molar-refractivity contribution is -0.0122. The molecule has 0 fully saturated rings. The number of ether oxygens (including phenoxy) is 2. The van der Waals surface area contributed by atoms with Gasteiger partial charge in [-0.1, -0.05) is 6.07 Å². The van der Waals surface area contributed by atoms with E-state index in [2.05, 4.69) is 0 Å². The Bertz CT molecular complexity index is 420. The summed E-state index contributed by atoms with van der Waals surface area (Å²) in [5, 5.41) is 9.72. The second-order valence-electron chi connectivity index (χ2n) is 5.35. The highest BCUT2D eigenvalue weighted by Crippen LogP contribution is 2.31. The molecule has 0 amide bonds. The third-order valence-electron chi connectivity index (χ3n) is 3.30. The van der Waals surface area contributed by atoms with Crippen LogP contribution in [0.3, 0.4) is 0 Å². The van der Waals surface area contributed by atoms with Crippen molar-refractivity contribution in [3.05, 3.63) is 29.3 Å². The van der Waals surface area contributed by atoms with Crippen molar-refractivity contribution in [2.75, 3.05) is 13.2 Å². The van der Waals surface area contributed by atoms with Gasteiger partial charge in [-0.05, 0) is 49.9 Å². The second-order valence-corrected chi connectivity index (χ2v) is 5.35. The van der Waals surface area contributed by atoms with Gasteiger partial charge >= 0.3 is 0 Å². The van der Waals surface area contributed by atoms with Crippen molar-refractivity contribution in [3.63, 3.8) is 0 Å². The molecular weight excluding hydrogens is 242 g/mol. The first-order valence-electron chi connectivity index (χ1n) is 6.87. The Balaban J connectivity index is 1.83. The Morgan fingerprint density at radius 1 is 1.37 bits per heavy atom. The lowest BCUT2D eigenvalue weighted by Gasteiger charge is -2.15. The van der Waals surface area contributed by atoms with Crippen molar-refractivity contribution in [2.24, 2.45) is 5.73 Å². The van der Waals surface area contributed by atoms with Crippen molar-refractivity contribution in [3.8, 4) is 5.75 Å². The molecule has 0 saturated carbocycles. The standard InChI is InChI=1S/C15H23NO3/c1-10(2)18-8-12(17)9-19-13-4-5-14-11(7-13)3-6-15(14)16/h4-5,7,10,12,15,17H,3,6,8-9,16H2,1-2H3. The van der Waals surface area contributed by atoms with Crippen LogP contribution in [0, 0.1) is 0 Å². The average molecular weight is 265 g/mol. The largest absolute Gasteiger partial charge is 0.491 e. The molecule has 0 radical (unpaired) electrons. The number of nitrogens with two attached hydrogens (primary N) is 1. The molecule has 4 heteroatoms. The summed E-state index contributed by atoms with van der Waals surface area (Å²) in [5.74, 6) is 0.788. The Hall–Kier alpha value is -1.10. The summed E-state index contributed by atoms with van der Waals surface area (Å²) in [6.07, 6.45) is 1.53. The molecule has 0 saturated heterocycles. The van der Waals surface area contributed by atoms with Crippen LogP contribution in [-0.4, -0.2) is 30.5 Å². The van der Waals surface area contributed by atoms with E-state index in [9.17, 15) is 5.11 Å². The van der Waals surface area contributed by atoms with E-state index < -0.39 is 6.10 Å². The van der Waals surface area contributed by atoms with Crippen LogP contribution in [0.15, 0.2) is 18.2 Å². The molecule has 0 bridgehead atoms. The van der Waals surface area contributed by atoms with Crippen LogP contribution in [0.5, 0.6) is 5.75 Å². The van der Waals surface area contributed by atoms with Gasteiger partial charge in [0.25, 0.3) is 0 Å². The molecule has 1 aliphatic carbocycles. The lowest BCUT2D eigenvalue weighted by atomic mass is 10.1. The summed E-state index contributed by atoms with van der Waals surface area (Å²) >= 11 is 0. The van der Waals surface area contributed by atoms with Crippen molar-refractivity contribution >= 4 is 0 Å². The van der Waals surface area contributed by atoms with Crippen molar-refractivity contribution in [2.45, 2.75) is 44.9 Å². The molecule has 106 valence electrons. The minimum Gasteiger partial charge on any atom is -0.491 e. The number of aryl methyl sites for hydroxylation is 1. The van der Waals surface area contributed by atoms with Crippen LogP contribution in [0.4, 0.5) is 0 Å². The zero-order valence-electron chi connectivity index (χ0n) is 11.6. The van der Waals surface area contributed by atoms with E-state index in [1.165, 1.54) is 11.1 Å². The second kappa shape index (κ2) is 6.37. The van der Waals surface area contributed by atoms with E-state index in [-0.39, 0.29) is 18.8 Å². The zero-order valence-corrected chi connectivity index (χ0v) is 11.6. The molecule has 0 heterocycles. The van der Waals surface area contributed by atoms with Crippen LogP contribution < -0.4 is 10.5 Å². The van der Waals surface area contributed by atoms with Crippen LogP contribution >= 0.6 is 0 Å². The van der Waals surface area contributed by atoms with Crippen LogP contribution in [-0.2, 0) is 11.2 Å². The molecule has 2 atom stereocenters. The van der Waals surface area contributed by atoms with Crippen molar-refractivity contribution < 1.29 is 14.6 Å². The summed E-state index contributed by atoms with van der Waals surface area (Å²) in [7, 11) is 0. The Kier molecular flexibility index (Phi) is 4.80. The van der Waals surface area contributed by atoms with E-state index >= 15 is 0 Å². The first-order valence-corrected chi connectivity index (χ1v) is 6.87. The van der Waals surface area contributed by atoms with E-state index in [0.29, 0.717) is 6.61 Å². The maximum Gasteiger partial charge on any atom is 0.119 e. The molecule has 2 unspecified atom stereocenters. The number of rotatable bonds is 6. The first kappa shape index (κ1) is 14.3. The van der Waals surface area contributed by atoms with E-state index in [1.807, 2.05) is 32.0 Å². The molecule has 0 spiro atoms. The fraction of sp³-hybridized carbons (Fsp3) is 0.600. The minimum absolute atomic E-state index is 0.121. The molecule has 1 aliphatic rings. The maximum atomic E-state index is 9.72. The summed E-state index contributed by atoms with van der Waals surface area (Å²) in [5.41, 5.74) is 8.47. The predicted octanol–water partition coefficient (Wildman–Crippen LogP) is 1.80. The van der Waals surface area contributed by atoms with E-state index in [4.69, 9.17) is 15.2 Å². The van der Waals surface area contributed by atoms with Gasteiger partial charge in [0.05, 0.1) is 12.7 Å².